The Balaban J connectivity index is 2.22. The summed E-state index contributed by atoms with van der Waals surface area (Å²) < 4.78 is 31.4. The number of aromatic nitrogens is 1. The summed E-state index contributed by atoms with van der Waals surface area (Å²) in [6.45, 7) is 1.50. The third-order valence-electron chi connectivity index (χ3n) is 3.12. The second-order valence-electron chi connectivity index (χ2n) is 4.46. The predicted molar refractivity (Wildman–Crippen MR) is 61.5 cm³/mol. The molecule has 2 rings (SSSR count). The van der Waals surface area contributed by atoms with E-state index in [4.69, 9.17) is 9.84 Å². The number of carbonyl (C=O) groups is 1. The van der Waals surface area contributed by atoms with Crippen LogP contribution in [-0.2, 0) is 19.6 Å². The van der Waals surface area contributed by atoms with Crippen molar-refractivity contribution >= 4 is 16.0 Å². The highest BCUT2D eigenvalue weighted by Gasteiger charge is 2.48. The molecular weight excluding hydrogens is 260 g/mol. The molecule has 0 radical (unpaired) electrons. The number of nitrogens with one attached hydrogen (secondary N) is 2. The molecule has 18 heavy (non-hydrogen) atoms. The second kappa shape index (κ2) is 4.38. The Morgan fingerprint density at radius 2 is 2.39 bits per heavy atom. The van der Waals surface area contributed by atoms with E-state index in [9.17, 15) is 13.2 Å². The van der Waals surface area contributed by atoms with Crippen LogP contribution in [-0.4, -0.2) is 43.7 Å². The lowest BCUT2D eigenvalue weighted by molar-refractivity contribution is -0.148. The van der Waals surface area contributed by atoms with E-state index >= 15 is 0 Å². The molecule has 2 atom stereocenters. The van der Waals surface area contributed by atoms with E-state index in [1.807, 2.05) is 0 Å². The Kier molecular flexibility index (Phi) is 3.18. The summed E-state index contributed by atoms with van der Waals surface area (Å²) >= 11 is 0. The van der Waals surface area contributed by atoms with Gasteiger partial charge < -0.3 is 14.8 Å². The maximum Gasteiger partial charge on any atom is 0.313 e. The zero-order valence-electron chi connectivity index (χ0n) is 9.71. The normalized spacial score (nSPS) is 28.4. The van der Waals surface area contributed by atoms with Gasteiger partial charge in [-0.15, -0.1) is 0 Å². The molecular formula is C10H14N2O5S. The average molecular weight is 274 g/mol. The summed E-state index contributed by atoms with van der Waals surface area (Å²) in [6, 6.07) is 0.617. The first-order chi connectivity index (χ1) is 8.36. The topological polar surface area (TPSA) is 108 Å². The summed E-state index contributed by atoms with van der Waals surface area (Å²) in [5, 5.41) is 9.15. The smallest absolute Gasteiger partial charge is 0.313 e. The number of carboxylic acid groups (broad SMARTS) is 1. The van der Waals surface area contributed by atoms with Gasteiger partial charge in [-0.1, -0.05) is 0 Å². The number of rotatable bonds is 4. The van der Waals surface area contributed by atoms with Gasteiger partial charge in [0.15, 0.2) is 0 Å². The monoisotopic (exact) mass is 274 g/mol. The molecule has 0 aliphatic carbocycles. The molecule has 0 saturated carbocycles. The maximum absolute atomic E-state index is 12.0. The average Bonchev–Trinajstić information content (AvgIpc) is 2.89. The van der Waals surface area contributed by atoms with E-state index < -0.39 is 27.4 Å². The fraction of sp³-hybridized carbons (Fsp3) is 0.500. The molecule has 3 N–H and O–H groups in total. The van der Waals surface area contributed by atoms with Crippen LogP contribution < -0.4 is 4.72 Å². The van der Waals surface area contributed by atoms with Crippen LogP contribution in [0.5, 0.6) is 0 Å². The Morgan fingerprint density at radius 3 is 2.94 bits per heavy atom. The molecule has 1 aliphatic rings. The number of hydrogen-bond acceptors (Lipinski definition) is 4. The third-order valence-corrected chi connectivity index (χ3v) is 4.59. The molecule has 1 aliphatic heterocycles. The fourth-order valence-corrected chi connectivity index (χ4v) is 3.09. The molecule has 1 fully saturated rings. The molecule has 7 nitrogen and oxygen atoms in total. The van der Waals surface area contributed by atoms with Gasteiger partial charge in [0.2, 0.25) is 10.0 Å². The molecule has 0 spiro atoms. The van der Waals surface area contributed by atoms with Gasteiger partial charge in [-0.05, 0) is 13.0 Å². The van der Waals surface area contributed by atoms with Gasteiger partial charge in [-0.2, -0.15) is 0 Å². The number of aromatic amines is 1. The first kappa shape index (κ1) is 13.1. The standard InChI is InChI=1S/C10H14N2O5S/c1-10(9(13)14)6-17-5-8(10)12-18(15,16)7-2-3-11-4-7/h2-4,8,11-12H,5-6H2,1H3,(H,13,14). The number of ether oxygens (including phenoxy) is 1. The first-order valence-corrected chi connectivity index (χ1v) is 6.81. The zero-order chi connectivity index (χ0) is 13.4. The Hall–Kier alpha value is -1.38. The van der Waals surface area contributed by atoms with E-state index in [2.05, 4.69) is 9.71 Å². The minimum Gasteiger partial charge on any atom is -0.481 e. The van der Waals surface area contributed by atoms with Crippen LogP contribution in [0.15, 0.2) is 23.4 Å². The lowest BCUT2D eigenvalue weighted by Crippen LogP contribution is -2.49. The highest BCUT2D eigenvalue weighted by atomic mass is 32.2. The van der Waals surface area contributed by atoms with E-state index in [-0.39, 0.29) is 18.1 Å². The van der Waals surface area contributed by atoms with Gasteiger partial charge in [0.05, 0.1) is 24.2 Å². The lowest BCUT2D eigenvalue weighted by atomic mass is 9.86. The van der Waals surface area contributed by atoms with E-state index in [0.717, 1.165) is 0 Å². The van der Waals surface area contributed by atoms with Gasteiger partial charge in [0, 0.05) is 12.4 Å². The molecule has 1 aromatic rings. The first-order valence-electron chi connectivity index (χ1n) is 5.32. The van der Waals surface area contributed by atoms with E-state index in [1.165, 1.54) is 25.4 Å². The van der Waals surface area contributed by atoms with Crippen molar-refractivity contribution in [1.82, 2.24) is 9.71 Å². The van der Waals surface area contributed by atoms with Crippen molar-refractivity contribution in [1.29, 1.82) is 0 Å². The molecule has 2 unspecified atom stereocenters. The number of aliphatic carboxylic acids is 1. The Bertz CT molecular complexity index is 539. The molecule has 0 amide bonds. The Morgan fingerprint density at radius 1 is 1.67 bits per heavy atom. The predicted octanol–water partition coefficient (Wildman–Crippen LogP) is -0.217. The van der Waals surface area contributed by atoms with Crippen LogP contribution in [0.3, 0.4) is 0 Å². The quantitative estimate of drug-likeness (QED) is 0.703. The van der Waals surface area contributed by atoms with Crippen molar-refractivity contribution in [3.05, 3.63) is 18.5 Å². The van der Waals surface area contributed by atoms with Crippen molar-refractivity contribution in [2.75, 3.05) is 13.2 Å². The van der Waals surface area contributed by atoms with Crippen molar-refractivity contribution in [3.8, 4) is 0 Å². The number of carboxylic acids is 1. The van der Waals surface area contributed by atoms with Gasteiger partial charge in [0.1, 0.15) is 5.41 Å². The summed E-state index contributed by atoms with van der Waals surface area (Å²) in [7, 11) is -3.73. The largest absolute Gasteiger partial charge is 0.481 e. The van der Waals surface area contributed by atoms with Crippen LogP contribution in [0, 0.1) is 5.41 Å². The van der Waals surface area contributed by atoms with Crippen LogP contribution in [0.2, 0.25) is 0 Å². The van der Waals surface area contributed by atoms with Crippen LogP contribution >= 0.6 is 0 Å². The van der Waals surface area contributed by atoms with Crippen LogP contribution in [0.25, 0.3) is 0 Å². The Labute approximate surface area is 104 Å². The highest BCUT2D eigenvalue weighted by molar-refractivity contribution is 7.89. The molecule has 1 saturated heterocycles. The summed E-state index contributed by atoms with van der Waals surface area (Å²) in [6.07, 6.45) is 2.81. The molecule has 100 valence electrons. The van der Waals surface area contributed by atoms with Gasteiger partial charge in [-0.25, -0.2) is 13.1 Å². The van der Waals surface area contributed by atoms with Crippen LogP contribution in [0.4, 0.5) is 0 Å². The minimum atomic E-state index is -3.73. The van der Waals surface area contributed by atoms with Crippen molar-refractivity contribution < 1.29 is 23.1 Å². The molecule has 8 heteroatoms. The number of H-pyrrole nitrogens is 1. The third kappa shape index (κ3) is 2.14. The fourth-order valence-electron chi connectivity index (χ4n) is 1.78. The van der Waals surface area contributed by atoms with Gasteiger partial charge >= 0.3 is 5.97 Å². The highest BCUT2D eigenvalue weighted by Crippen LogP contribution is 2.29. The maximum atomic E-state index is 12.0. The summed E-state index contributed by atoms with van der Waals surface area (Å²) in [5.41, 5.74) is -1.25. The number of hydrogen-bond donors (Lipinski definition) is 3. The molecule has 2 heterocycles. The minimum absolute atomic E-state index is 0.0113. The van der Waals surface area contributed by atoms with Gasteiger partial charge in [0.25, 0.3) is 0 Å². The molecule has 0 aromatic carbocycles. The SMILES string of the molecule is CC1(C(=O)O)COCC1NS(=O)(=O)c1cc[nH]c1. The van der Waals surface area contributed by atoms with Crippen LogP contribution in [0.1, 0.15) is 6.92 Å². The number of sulfonamides is 1. The van der Waals surface area contributed by atoms with Crippen molar-refractivity contribution in [2.45, 2.75) is 17.9 Å². The summed E-state index contributed by atoms with van der Waals surface area (Å²) in [4.78, 5) is 13.9. The van der Waals surface area contributed by atoms with E-state index in [0.29, 0.717) is 0 Å². The van der Waals surface area contributed by atoms with E-state index in [1.54, 1.807) is 0 Å². The zero-order valence-corrected chi connectivity index (χ0v) is 10.5. The molecule has 1 aromatic heterocycles. The van der Waals surface area contributed by atoms with Gasteiger partial charge in [-0.3, -0.25) is 4.79 Å². The van der Waals surface area contributed by atoms with Crippen molar-refractivity contribution in [2.24, 2.45) is 5.41 Å². The van der Waals surface area contributed by atoms with Crippen molar-refractivity contribution in [3.63, 3.8) is 0 Å². The molecule has 0 bridgehead atoms. The second-order valence-corrected chi connectivity index (χ2v) is 6.17. The summed E-state index contributed by atoms with van der Waals surface area (Å²) in [5.74, 6) is -1.08. The lowest BCUT2D eigenvalue weighted by Gasteiger charge is -2.24.